The highest BCUT2D eigenvalue weighted by Crippen LogP contribution is 2.48. The van der Waals surface area contributed by atoms with Crippen LogP contribution in [0, 0.1) is 5.41 Å². The van der Waals surface area contributed by atoms with E-state index in [1.165, 1.54) is 0 Å². The van der Waals surface area contributed by atoms with Crippen LogP contribution in [0.15, 0.2) is 17.2 Å². The molecule has 0 aromatic heterocycles. The molecule has 0 radical (unpaired) electrons. The van der Waals surface area contributed by atoms with Gasteiger partial charge >= 0.3 is 5.97 Å². The van der Waals surface area contributed by atoms with E-state index in [1.807, 2.05) is 19.1 Å². The van der Waals surface area contributed by atoms with Gasteiger partial charge in [-0.05, 0) is 43.7 Å². The predicted molar refractivity (Wildman–Crippen MR) is 102 cm³/mol. The summed E-state index contributed by atoms with van der Waals surface area (Å²) < 4.78 is 0. The summed E-state index contributed by atoms with van der Waals surface area (Å²) in [5.74, 6) is -0.887. The summed E-state index contributed by atoms with van der Waals surface area (Å²) in [5, 5.41) is 10.1. The molecule has 25 heavy (non-hydrogen) atoms. The minimum atomic E-state index is -0.896. The van der Waals surface area contributed by atoms with Gasteiger partial charge in [0.25, 0.3) is 0 Å². The van der Waals surface area contributed by atoms with E-state index in [0.29, 0.717) is 29.0 Å². The SMILES string of the molecule is CCCC1(CC=C(C)Cl)Cc2cc(CCC(=O)O)c(Cl)c(Cl)c2C1=O. The van der Waals surface area contributed by atoms with Crippen molar-refractivity contribution < 1.29 is 14.7 Å². The summed E-state index contributed by atoms with van der Waals surface area (Å²) in [6, 6.07) is 1.85. The van der Waals surface area contributed by atoms with Crippen molar-refractivity contribution in [2.75, 3.05) is 0 Å². The van der Waals surface area contributed by atoms with Gasteiger partial charge in [-0.3, -0.25) is 9.59 Å². The van der Waals surface area contributed by atoms with Gasteiger partial charge < -0.3 is 5.11 Å². The minimum absolute atomic E-state index is 0.00945. The molecule has 0 saturated heterocycles. The second-order valence-electron chi connectivity index (χ2n) is 6.62. The van der Waals surface area contributed by atoms with Gasteiger partial charge in [0.15, 0.2) is 5.78 Å². The van der Waals surface area contributed by atoms with Crippen LogP contribution in [0.4, 0.5) is 0 Å². The lowest BCUT2D eigenvalue weighted by molar-refractivity contribution is -0.136. The Morgan fingerprint density at radius 1 is 1.36 bits per heavy atom. The molecule has 1 aliphatic carbocycles. The van der Waals surface area contributed by atoms with E-state index in [2.05, 4.69) is 0 Å². The fourth-order valence-electron chi connectivity index (χ4n) is 3.54. The summed E-state index contributed by atoms with van der Waals surface area (Å²) in [5.41, 5.74) is 1.47. The Hall–Kier alpha value is -1.03. The molecule has 0 spiro atoms. The molecule has 1 aromatic rings. The van der Waals surface area contributed by atoms with E-state index in [-0.39, 0.29) is 28.7 Å². The zero-order chi connectivity index (χ0) is 18.8. The molecule has 1 unspecified atom stereocenters. The molecule has 0 saturated carbocycles. The third-order valence-corrected chi connectivity index (χ3v) is 5.77. The van der Waals surface area contributed by atoms with Gasteiger partial charge in [0, 0.05) is 22.4 Å². The van der Waals surface area contributed by atoms with Crippen LogP contribution in [0.2, 0.25) is 10.0 Å². The van der Waals surface area contributed by atoms with Crippen LogP contribution in [-0.2, 0) is 17.6 Å². The zero-order valence-electron chi connectivity index (χ0n) is 14.3. The number of fused-ring (bicyclic) bond motifs is 1. The Balaban J connectivity index is 2.46. The van der Waals surface area contributed by atoms with Crippen LogP contribution in [-0.4, -0.2) is 16.9 Å². The highest BCUT2D eigenvalue weighted by atomic mass is 35.5. The first-order chi connectivity index (χ1) is 11.7. The highest BCUT2D eigenvalue weighted by Gasteiger charge is 2.45. The number of aliphatic carboxylic acids is 1. The second kappa shape index (κ2) is 8.11. The van der Waals surface area contributed by atoms with Gasteiger partial charge in [0.2, 0.25) is 0 Å². The molecule has 0 aliphatic heterocycles. The van der Waals surface area contributed by atoms with E-state index >= 15 is 0 Å². The molecule has 1 atom stereocenters. The van der Waals surface area contributed by atoms with E-state index in [1.54, 1.807) is 6.92 Å². The number of aryl methyl sites for hydroxylation is 1. The van der Waals surface area contributed by atoms with Crippen molar-refractivity contribution in [2.24, 2.45) is 5.41 Å². The summed E-state index contributed by atoms with van der Waals surface area (Å²) in [6.07, 6.45) is 4.87. The Labute approximate surface area is 163 Å². The lowest BCUT2D eigenvalue weighted by Crippen LogP contribution is -2.27. The fraction of sp³-hybridized carbons (Fsp3) is 0.474. The number of carbonyl (C=O) groups is 2. The van der Waals surface area contributed by atoms with E-state index in [4.69, 9.17) is 39.9 Å². The second-order valence-corrected chi connectivity index (χ2v) is 7.97. The molecule has 2 rings (SSSR count). The number of benzene rings is 1. The van der Waals surface area contributed by atoms with Crippen LogP contribution < -0.4 is 0 Å². The molecule has 1 aromatic carbocycles. The van der Waals surface area contributed by atoms with Crippen molar-refractivity contribution in [1.82, 2.24) is 0 Å². The van der Waals surface area contributed by atoms with Crippen molar-refractivity contribution in [1.29, 1.82) is 0 Å². The average molecular weight is 404 g/mol. The molecule has 0 bridgehead atoms. The molecule has 1 N–H and O–H groups in total. The molecular weight excluding hydrogens is 383 g/mol. The smallest absolute Gasteiger partial charge is 0.303 e. The number of allylic oxidation sites excluding steroid dienone is 2. The van der Waals surface area contributed by atoms with Crippen molar-refractivity contribution >= 4 is 46.6 Å². The summed E-state index contributed by atoms with van der Waals surface area (Å²) in [4.78, 5) is 24.0. The molecule has 136 valence electrons. The first kappa shape index (κ1) is 20.3. The predicted octanol–water partition coefficient (Wildman–Crippen LogP) is 6.07. The van der Waals surface area contributed by atoms with Crippen LogP contribution in [0.5, 0.6) is 0 Å². The first-order valence-electron chi connectivity index (χ1n) is 8.30. The van der Waals surface area contributed by atoms with Crippen LogP contribution in [0.25, 0.3) is 0 Å². The van der Waals surface area contributed by atoms with Crippen molar-refractivity contribution in [3.05, 3.63) is 43.9 Å². The Morgan fingerprint density at radius 2 is 2.04 bits per heavy atom. The third-order valence-electron chi connectivity index (χ3n) is 4.71. The highest BCUT2D eigenvalue weighted by molar-refractivity contribution is 6.45. The monoisotopic (exact) mass is 402 g/mol. The third kappa shape index (κ3) is 4.21. The number of ketones is 1. The van der Waals surface area contributed by atoms with E-state index < -0.39 is 11.4 Å². The number of Topliss-reactive ketones (excluding diaryl/α,β-unsaturated/α-hetero) is 1. The molecule has 0 amide bonds. The molecule has 6 heteroatoms. The van der Waals surface area contributed by atoms with Crippen LogP contribution in [0.3, 0.4) is 0 Å². The number of rotatable bonds is 7. The van der Waals surface area contributed by atoms with Crippen molar-refractivity contribution in [3.8, 4) is 0 Å². The summed E-state index contributed by atoms with van der Waals surface area (Å²) in [7, 11) is 0. The number of hydrogen-bond donors (Lipinski definition) is 1. The topological polar surface area (TPSA) is 54.4 Å². The number of halogens is 3. The number of carboxylic acids is 1. The number of hydrogen-bond acceptors (Lipinski definition) is 2. The Kier molecular flexibility index (Phi) is 6.58. The van der Waals surface area contributed by atoms with E-state index in [0.717, 1.165) is 18.4 Å². The maximum absolute atomic E-state index is 13.2. The lowest BCUT2D eigenvalue weighted by Gasteiger charge is -2.25. The van der Waals surface area contributed by atoms with Crippen molar-refractivity contribution in [2.45, 2.75) is 52.4 Å². The Morgan fingerprint density at radius 3 is 2.60 bits per heavy atom. The largest absolute Gasteiger partial charge is 0.481 e. The van der Waals surface area contributed by atoms with Gasteiger partial charge in [-0.25, -0.2) is 0 Å². The lowest BCUT2D eigenvalue weighted by atomic mass is 9.76. The molecule has 1 aliphatic rings. The summed E-state index contributed by atoms with van der Waals surface area (Å²) in [6.45, 7) is 3.84. The maximum Gasteiger partial charge on any atom is 0.303 e. The maximum atomic E-state index is 13.2. The molecular formula is C19H21Cl3O3. The fourth-order valence-corrected chi connectivity index (χ4v) is 4.19. The summed E-state index contributed by atoms with van der Waals surface area (Å²) >= 11 is 18.7. The standard InChI is InChI=1S/C19H21Cl3O3/c1-3-7-19(8-6-11(2)20)10-13-9-12(4-5-14(23)24)16(21)17(22)15(13)18(19)25/h6,9H,3-5,7-8,10H2,1-2H3,(H,23,24). The van der Waals surface area contributed by atoms with Gasteiger partial charge in [0.1, 0.15) is 0 Å². The number of carboxylic acid groups (broad SMARTS) is 1. The van der Waals surface area contributed by atoms with Gasteiger partial charge in [-0.2, -0.15) is 0 Å². The normalized spacial score (nSPS) is 20.0. The Bertz CT molecular complexity index is 736. The van der Waals surface area contributed by atoms with Gasteiger partial charge in [0.05, 0.1) is 10.0 Å². The van der Waals surface area contributed by atoms with Gasteiger partial charge in [-0.15, -0.1) is 0 Å². The van der Waals surface area contributed by atoms with Crippen LogP contribution >= 0.6 is 34.8 Å². The van der Waals surface area contributed by atoms with Gasteiger partial charge in [-0.1, -0.05) is 60.3 Å². The molecule has 3 nitrogen and oxygen atoms in total. The van der Waals surface area contributed by atoms with E-state index in [9.17, 15) is 9.59 Å². The number of carbonyl (C=O) groups excluding carboxylic acids is 1. The quantitative estimate of drug-likeness (QED) is 0.601. The van der Waals surface area contributed by atoms with Crippen LogP contribution in [0.1, 0.15) is 61.0 Å². The molecule has 0 heterocycles. The van der Waals surface area contributed by atoms with Crippen molar-refractivity contribution in [3.63, 3.8) is 0 Å². The molecule has 0 fully saturated rings. The first-order valence-corrected chi connectivity index (χ1v) is 9.44. The average Bonchev–Trinajstić information content (AvgIpc) is 2.80. The minimum Gasteiger partial charge on any atom is -0.481 e. The zero-order valence-corrected chi connectivity index (χ0v) is 16.6.